The SMILES string of the molecule is CN(CCC1CCCCC1)C(=O)c1cccnc1SC(F)(F)F. The van der Waals surface area contributed by atoms with E-state index in [1.807, 2.05) is 0 Å². The fraction of sp³-hybridized carbons (Fsp3) is 0.625. The van der Waals surface area contributed by atoms with Gasteiger partial charge in [0.2, 0.25) is 0 Å². The zero-order chi connectivity index (χ0) is 16.9. The molecule has 3 nitrogen and oxygen atoms in total. The van der Waals surface area contributed by atoms with Gasteiger partial charge in [0.15, 0.2) is 0 Å². The lowest BCUT2D eigenvalue weighted by molar-refractivity contribution is -0.0329. The molecule has 1 heterocycles. The third-order valence-electron chi connectivity index (χ3n) is 4.16. The van der Waals surface area contributed by atoms with Crippen molar-refractivity contribution in [1.29, 1.82) is 0 Å². The molecule has 0 spiro atoms. The van der Waals surface area contributed by atoms with Crippen LogP contribution in [0.3, 0.4) is 0 Å². The lowest BCUT2D eigenvalue weighted by Crippen LogP contribution is -2.30. The highest BCUT2D eigenvalue weighted by atomic mass is 32.2. The number of hydrogen-bond acceptors (Lipinski definition) is 3. The normalized spacial score (nSPS) is 16.3. The molecule has 0 bridgehead atoms. The van der Waals surface area contributed by atoms with E-state index >= 15 is 0 Å². The van der Waals surface area contributed by atoms with Crippen LogP contribution in [0.1, 0.15) is 48.9 Å². The minimum absolute atomic E-state index is 0.0148. The van der Waals surface area contributed by atoms with Gasteiger partial charge in [0.25, 0.3) is 5.91 Å². The molecule has 1 aliphatic carbocycles. The van der Waals surface area contributed by atoms with Crippen molar-refractivity contribution in [2.24, 2.45) is 5.92 Å². The topological polar surface area (TPSA) is 33.2 Å². The van der Waals surface area contributed by atoms with Gasteiger partial charge in [-0.2, -0.15) is 13.2 Å². The Morgan fingerprint density at radius 2 is 2.04 bits per heavy atom. The largest absolute Gasteiger partial charge is 0.447 e. The Balaban J connectivity index is 1.98. The fourth-order valence-corrected chi connectivity index (χ4v) is 3.50. The van der Waals surface area contributed by atoms with Crippen LogP contribution in [0.15, 0.2) is 23.4 Å². The average molecular weight is 346 g/mol. The van der Waals surface area contributed by atoms with E-state index in [1.54, 1.807) is 7.05 Å². The van der Waals surface area contributed by atoms with Crippen molar-refractivity contribution in [3.8, 4) is 0 Å². The maximum absolute atomic E-state index is 12.6. The van der Waals surface area contributed by atoms with E-state index in [-0.39, 0.29) is 22.4 Å². The Morgan fingerprint density at radius 1 is 1.35 bits per heavy atom. The summed E-state index contributed by atoms with van der Waals surface area (Å²) in [6, 6.07) is 2.89. The van der Waals surface area contributed by atoms with Crippen LogP contribution >= 0.6 is 11.8 Å². The molecule has 0 radical (unpaired) electrons. The van der Waals surface area contributed by atoms with Crippen molar-refractivity contribution in [3.05, 3.63) is 23.9 Å². The smallest absolute Gasteiger partial charge is 0.342 e. The monoisotopic (exact) mass is 346 g/mol. The first-order chi connectivity index (χ1) is 10.9. The first-order valence-corrected chi connectivity index (χ1v) is 8.64. The van der Waals surface area contributed by atoms with Crippen LogP contribution in [0.4, 0.5) is 13.2 Å². The van der Waals surface area contributed by atoms with Crippen molar-refractivity contribution < 1.29 is 18.0 Å². The molecule has 128 valence electrons. The summed E-state index contributed by atoms with van der Waals surface area (Å²) in [5.41, 5.74) is -4.44. The molecule has 7 heteroatoms. The number of aromatic nitrogens is 1. The van der Waals surface area contributed by atoms with Gasteiger partial charge < -0.3 is 4.90 Å². The summed E-state index contributed by atoms with van der Waals surface area (Å²) in [4.78, 5) is 17.6. The van der Waals surface area contributed by atoms with E-state index in [1.165, 1.54) is 55.3 Å². The highest BCUT2D eigenvalue weighted by Gasteiger charge is 2.32. The van der Waals surface area contributed by atoms with Gasteiger partial charge >= 0.3 is 5.51 Å². The molecule has 0 unspecified atom stereocenters. The molecule has 0 saturated heterocycles. The Hall–Kier alpha value is -1.24. The van der Waals surface area contributed by atoms with Crippen molar-refractivity contribution in [1.82, 2.24) is 9.88 Å². The van der Waals surface area contributed by atoms with Crippen molar-refractivity contribution in [2.45, 2.75) is 49.1 Å². The van der Waals surface area contributed by atoms with Crippen LogP contribution in [0.25, 0.3) is 0 Å². The molecule has 0 aromatic carbocycles. The summed E-state index contributed by atoms with van der Waals surface area (Å²) < 4.78 is 37.7. The zero-order valence-corrected chi connectivity index (χ0v) is 13.9. The number of alkyl halides is 3. The summed E-state index contributed by atoms with van der Waals surface area (Å²) in [5.74, 6) is 0.220. The maximum atomic E-state index is 12.6. The van der Waals surface area contributed by atoms with Crippen molar-refractivity contribution in [3.63, 3.8) is 0 Å². The molecule has 1 amide bonds. The summed E-state index contributed by atoms with van der Waals surface area (Å²) in [5, 5.41) is -0.283. The van der Waals surface area contributed by atoms with Gasteiger partial charge in [-0.15, -0.1) is 0 Å². The van der Waals surface area contributed by atoms with E-state index in [2.05, 4.69) is 4.98 Å². The first-order valence-electron chi connectivity index (χ1n) is 7.83. The van der Waals surface area contributed by atoms with E-state index in [9.17, 15) is 18.0 Å². The summed E-state index contributed by atoms with van der Waals surface area (Å²) >= 11 is -0.339. The van der Waals surface area contributed by atoms with Crippen molar-refractivity contribution >= 4 is 17.7 Å². The number of hydrogen-bond donors (Lipinski definition) is 0. The van der Waals surface area contributed by atoms with Crippen LogP contribution in [0.5, 0.6) is 0 Å². The standard InChI is InChI=1S/C16H21F3N2OS/c1-21(11-9-12-6-3-2-4-7-12)15(22)13-8-5-10-20-14(13)23-16(17,18)19/h5,8,10,12H,2-4,6-7,9,11H2,1H3. The average Bonchev–Trinajstić information content (AvgIpc) is 2.52. The van der Waals surface area contributed by atoms with Gasteiger partial charge in [-0.25, -0.2) is 4.98 Å². The van der Waals surface area contributed by atoms with E-state index in [0.29, 0.717) is 12.5 Å². The summed E-state index contributed by atoms with van der Waals surface area (Å²) in [6.45, 7) is 0.564. The number of carbonyl (C=O) groups excluding carboxylic acids is 1. The lowest BCUT2D eigenvalue weighted by Gasteiger charge is -2.25. The number of thioether (sulfide) groups is 1. The number of pyridine rings is 1. The minimum Gasteiger partial charge on any atom is -0.342 e. The molecular formula is C16H21F3N2OS. The highest BCUT2D eigenvalue weighted by Crippen LogP contribution is 2.37. The highest BCUT2D eigenvalue weighted by molar-refractivity contribution is 8.00. The molecular weight excluding hydrogens is 325 g/mol. The number of carbonyl (C=O) groups is 1. The molecule has 0 aliphatic heterocycles. The minimum atomic E-state index is -4.45. The molecule has 0 atom stereocenters. The molecule has 1 aromatic heterocycles. The van der Waals surface area contributed by atoms with Gasteiger partial charge in [0.05, 0.1) is 5.56 Å². The Bertz CT molecular complexity index is 530. The number of halogens is 3. The van der Waals surface area contributed by atoms with Gasteiger partial charge in [-0.3, -0.25) is 4.79 Å². The van der Waals surface area contributed by atoms with Crippen LogP contribution in [-0.4, -0.2) is 34.9 Å². The Labute approximate surface area is 138 Å². The second kappa shape index (κ2) is 8.04. The molecule has 1 aliphatic rings. The predicted molar refractivity (Wildman–Crippen MR) is 84.3 cm³/mol. The zero-order valence-electron chi connectivity index (χ0n) is 13.1. The predicted octanol–water partition coefficient (Wildman–Crippen LogP) is 4.74. The van der Waals surface area contributed by atoms with Crippen molar-refractivity contribution in [2.75, 3.05) is 13.6 Å². The molecule has 1 saturated carbocycles. The Morgan fingerprint density at radius 3 is 2.70 bits per heavy atom. The molecule has 2 rings (SSSR count). The van der Waals surface area contributed by atoms with Crippen LogP contribution in [0.2, 0.25) is 0 Å². The van der Waals surface area contributed by atoms with Gasteiger partial charge in [-0.05, 0) is 24.5 Å². The lowest BCUT2D eigenvalue weighted by atomic mass is 9.87. The third-order valence-corrected chi connectivity index (χ3v) is 4.91. The fourth-order valence-electron chi connectivity index (χ4n) is 2.90. The molecule has 1 fully saturated rings. The van der Waals surface area contributed by atoms with Gasteiger partial charge in [-0.1, -0.05) is 32.1 Å². The van der Waals surface area contributed by atoms with Crippen LogP contribution in [-0.2, 0) is 0 Å². The quantitative estimate of drug-likeness (QED) is 0.722. The Kier molecular flexibility index (Phi) is 6.33. The summed E-state index contributed by atoms with van der Waals surface area (Å²) in [6.07, 6.45) is 8.29. The maximum Gasteiger partial charge on any atom is 0.447 e. The molecule has 1 aromatic rings. The van der Waals surface area contributed by atoms with Crippen LogP contribution < -0.4 is 0 Å². The summed E-state index contributed by atoms with van der Waals surface area (Å²) in [7, 11) is 1.64. The van der Waals surface area contributed by atoms with E-state index in [4.69, 9.17) is 0 Å². The van der Waals surface area contributed by atoms with Crippen LogP contribution in [0, 0.1) is 5.92 Å². The van der Waals surface area contributed by atoms with E-state index < -0.39 is 11.4 Å². The second-order valence-electron chi connectivity index (χ2n) is 5.92. The number of rotatable bonds is 5. The van der Waals surface area contributed by atoms with Gasteiger partial charge in [0, 0.05) is 31.6 Å². The van der Waals surface area contributed by atoms with Gasteiger partial charge in [0.1, 0.15) is 5.03 Å². The molecule has 23 heavy (non-hydrogen) atoms. The number of amides is 1. The van der Waals surface area contributed by atoms with E-state index in [0.717, 1.165) is 6.42 Å². The number of nitrogens with zero attached hydrogens (tertiary/aromatic N) is 2. The third kappa shape index (κ3) is 5.71. The molecule has 0 N–H and O–H groups in total. The first kappa shape index (κ1) is 18.1. The second-order valence-corrected chi connectivity index (χ2v) is 6.98.